The van der Waals surface area contributed by atoms with E-state index < -0.39 is 13.2 Å². The van der Waals surface area contributed by atoms with Crippen LogP contribution in [0.2, 0.25) is 0 Å². The number of hydrogen-bond acceptors (Lipinski definition) is 7. The summed E-state index contributed by atoms with van der Waals surface area (Å²) >= 11 is 1.08. The van der Waals surface area contributed by atoms with Crippen molar-refractivity contribution in [2.75, 3.05) is 32.2 Å². The Morgan fingerprint density at radius 3 is 2.41 bits per heavy atom. The Morgan fingerprint density at radius 2 is 1.93 bits per heavy atom. The first kappa shape index (κ1) is 25.1. The summed E-state index contributed by atoms with van der Waals surface area (Å²) in [5.41, 5.74) is -0.799. The minimum Gasteiger partial charge on any atom is -0.395 e. The maximum absolute atomic E-state index is 13.5. The second kappa shape index (κ2) is 11.3. The molecule has 1 heterocycles. The van der Waals surface area contributed by atoms with Gasteiger partial charge in [-0.3, -0.25) is 13.8 Å². The average molecular weight is 426 g/mol. The molecule has 1 fully saturated rings. The first-order chi connectivity index (χ1) is 12.5. The molecule has 27 heavy (non-hydrogen) atoms. The highest BCUT2D eigenvalue weighted by Crippen LogP contribution is 2.54. The lowest BCUT2D eigenvalue weighted by Gasteiger charge is -2.36. The first-order valence-corrected chi connectivity index (χ1v) is 12.1. The van der Waals surface area contributed by atoms with Gasteiger partial charge in [0.15, 0.2) is 5.12 Å². The van der Waals surface area contributed by atoms with Gasteiger partial charge in [0.1, 0.15) is 0 Å². The van der Waals surface area contributed by atoms with Crippen molar-refractivity contribution < 1.29 is 28.3 Å². The van der Waals surface area contributed by atoms with Gasteiger partial charge in [0.2, 0.25) is 0 Å². The summed E-state index contributed by atoms with van der Waals surface area (Å²) in [5, 5.41) is 9.15. The van der Waals surface area contributed by atoms with Crippen LogP contribution >= 0.6 is 19.5 Å². The molecule has 0 radical (unpaired) electrons. The molecule has 2 atom stereocenters. The number of carbonyl (C=O) groups is 1. The van der Waals surface area contributed by atoms with Crippen molar-refractivity contribution >= 4 is 24.6 Å². The standard InChI is InChI=1S/C18H36NO6PS/c1-14(2)19(15(3)4)26(22,25-12-16-8-7-9-23-16)24-10-11-27-17(21)18(5,6)13-20/h14-16,20H,7-13H2,1-6H3. The fraction of sp³-hybridized carbons (Fsp3) is 0.944. The molecule has 0 spiro atoms. The van der Waals surface area contributed by atoms with Crippen LogP contribution in [0.5, 0.6) is 0 Å². The molecule has 1 N–H and O–H groups in total. The van der Waals surface area contributed by atoms with Crippen molar-refractivity contribution in [3.63, 3.8) is 0 Å². The Bertz CT molecular complexity index is 500. The van der Waals surface area contributed by atoms with Gasteiger partial charge in [-0.25, -0.2) is 9.24 Å². The second-order valence-corrected chi connectivity index (χ2v) is 11.0. The van der Waals surface area contributed by atoms with Gasteiger partial charge < -0.3 is 9.84 Å². The fourth-order valence-corrected chi connectivity index (χ4v) is 5.91. The van der Waals surface area contributed by atoms with Crippen LogP contribution in [0.1, 0.15) is 54.4 Å². The van der Waals surface area contributed by atoms with Crippen LogP contribution in [-0.2, 0) is 23.1 Å². The smallest absolute Gasteiger partial charge is 0.395 e. The Hall–Kier alpha value is 0.0500. The summed E-state index contributed by atoms with van der Waals surface area (Å²) in [6, 6.07) is -0.0501. The largest absolute Gasteiger partial charge is 0.408 e. The number of ether oxygens (including phenoxy) is 1. The normalized spacial score (nSPS) is 20.6. The third-order valence-corrected chi connectivity index (χ3v) is 7.97. The number of hydrogen-bond donors (Lipinski definition) is 1. The Morgan fingerprint density at radius 1 is 1.30 bits per heavy atom. The third-order valence-electron chi connectivity index (χ3n) is 4.31. The van der Waals surface area contributed by atoms with Crippen LogP contribution < -0.4 is 0 Å². The van der Waals surface area contributed by atoms with Crippen molar-refractivity contribution in [3.8, 4) is 0 Å². The SMILES string of the molecule is CC(C)N(C(C)C)P(=O)(OCCSC(=O)C(C)(C)CO)OCC1CCCO1. The average Bonchev–Trinajstić information content (AvgIpc) is 3.09. The zero-order valence-electron chi connectivity index (χ0n) is 17.5. The lowest BCUT2D eigenvalue weighted by atomic mass is 9.97. The van der Waals surface area contributed by atoms with Gasteiger partial charge in [-0.05, 0) is 54.4 Å². The molecular weight excluding hydrogens is 389 g/mol. The van der Waals surface area contributed by atoms with E-state index in [-0.39, 0.29) is 43.1 Å². The van der Waals surface area contributed by atoms with Crippen LogP contribution in [0.25, 0.3) is 0 Å². The summed E-state index contributed by atoms with van der Waals surface area (Å²) in [7, 11) is -3.52. The highest BCUT2D eigenvalue weighted by molar-refractivity contribution is 8.13. The van der Waals surface area contributed by atoms with Crippen molar-refractivity contribution in [2.45, 2.75) is 72.6 Å². The minimum atomic E-state index is -3.52. The van der Waals surface area contributed by atoms with E-state index in [4.69, 9.17) is 13.8 Å². The number of thioether (sulfide) groups is 1. The molecule has 2 unspecified atom stereocenters. The molecule has 0 aromatic carbocycles. The molecule has 1 aliphatic rings. The molecule has 0 amide bonds. The van der Waals surface area contributed by atoms with E-state index >= 15 is 0 Å². The predicted octanol–water partition coefficient (Wildman–Crippen LogP) is 3.70. The molecular formula is C18H36NO6PS. The van der Waals surface area contributed by atoms with Gasteiger partial charge in [0.25, 0.3) is 0 Å². The fourth-order valence-electron chi connectivity index (χ4n) is 2.83. The monoisotopic (exact) mass is 425 g/mol. The number of carbonyl (C=O) groups excluding carboxylic acids is 1. The molecule has 1 saturated heterocycles. The quantitative estimate of drug-likeness (QED) is 0.374. The molecule has 0 saturated carbocycles. The van der Waals surface area contributed by atoms with E-state index in [1.807, 2.05) is 27.7 Å². The maximum Gasteiger partial charge on any atom is 0.408 e. The summed E-state index contributed by atoms with van der Waals surface area (Å²) < 4.78 is 32.4. The van der Waals surface area contributed by atoms with Gasteiger partial charge >= 0.3 is 7.75 Å². The van der Waals surface area contributed by atoms with Crippen molar-refractivity contribution in [1.82, 2.24) is 4.67 Å². The zero-order valence-corrected chi connectivity index (χ0v) is 19.2. The zero-order chi connectivity index (χ0) is 20.7. The van der Waals surface area contributed by atoms with E-state index in [0.717, 1.165) is 24.6 Å². The van der Waals surface area contributed by atoms with Crippen molar-refractivity contribution in [1.29, 1.82) is 0 Å². The Kier molecular flexibility index (Phi) is 10.5. The number of aliphatic hydroxyl groups excluding tert-OH is 1. The van der Waals surface area contributed by atoms with Crippen LogP contribution in [0.15, 0.2) is 0 Å². The molecule has 7 nitrogen and oxygen atoms in total. The summed E-state index contributed by atoms with van der Waals surface area (Å²) in [6.07, 6.45) is 1.82. The third kappa shape index (κ3) is 7.77. The number of rotatable bonds is 12. The predicted molar refractivity (Wildman–Crippen MR) is 109 cm³/mol. The van der Waals surface area contributed by atoms with E-state index in [1.165, 1.54) is 0 Å². The van der Waals surface area contributed by atoms with Crippen molar-refractivity contribution in [3.05, 3.63) is 0 Å². The second-order valence-electron chi connectivity index (χ2n) is 7.98. The van der Waals surface area contributed by atoms with E-state index in [1.54, 1.807) is 18.5 Å². The molecule has 0 aliphatic carbocycles. The highest BCUT2D eigenvalue weighted by atomic mass is 32.2. The molecule has 1 aliphatic heterocycles. The maximum atomic E-state index is 13.5. The van der Waals surface area contributed by atoms with Crippen LogP contribution in [0, 0.1) is 5.41 Å². The lowest BCUT2D eigenvalue weighted by molar-refractivity contribution is -0.119. The number of aliphatic hydroxyl groups is 1. The van der Waals surface area contributed by atoms with E-state index in [9.17, 15) is 14.5 Å². The van der Waals surface area contributed by atoms with E-state index in [0.29, 0.717) is 12.4 Å². The first-order valence-electron chi connectivity index (χ1n) is 9.61. The van der Waals surface area contributed by atoms with Gasteiger partial charge in [0.05, 0.1) is 31.3 Å². The van der Waals surface area contributed by atoms with Crippen LogP contribution in [-0.4, -0.2) is 65.3 Å². The van der Waals surface area contributed by atoms with Gasteiger partial charge in [-0.2, -0.15) is 0 Å². The van der Waals surface area contributed by atoms with Gasteiger partial charge in [-0.1, -0.05) is 11.8 Å². The number of nitrogens with zero attached hydrogens (tertiary/aromatic N) is 1. The molecule has 9 heteroatoms. The van der Waals surface area contributed by atoms with E-state index in [2.05, 4.69) is 0 Å². The lowest BCUT2D eigenvalue weighted by Crippen LogP contribution is -2.36. The summed E-state index contributed by atoms with van der Waals surface area (Å²) in [4.78, 5) is 12.1. The molecule has 0 aromatic heterocycles. The Balaban J connectivity index is 2.70. The highest BCUT2D eigenvalue weighted by Gasteiger charge is 2.39. The van der Waals surface area contributed by atoms with Crippen LogP contribution in [0.3, 0.4) is 0 Å². The molecule has 0 aromatic rings. The molecule has 160 valence electrons. The topological polar surface area (TPSA) is 85.3 Å². The van der Waals surface area contributed by atoms with Gasteiger partial charge in [-0.15, -0.1) is 0 Å². The minimum absolute atomic E-state index is 0.0251. The van der Waals surface area contributed by atoms with Crippen molar-refractivity contribution in [2.24, 2.45) is 5.41 Å². The van der Waals surface area contributed by atoms with Crippen LogP contribution in [0.4, 0.5) is 0 Å². The van der Waals surface area contributed by atoms with Gasteiger partial charge in [0, 0.05) is 24.4 Å². The molecule has 1 rings (SSSR count). The summed E-state index contributed by atoms with van der Waals surface area (Å²) in [6.45, 7) is 12.0. The summed E-state index contributed by atoms with van der Waals surface area (Å²) in [5.74, 6) is 0.347. The Labute approximate surface area is 168 Å². The molecule has 0 bridgehead atoms.